The summed E-state index contributed by atoms with van der Waals surface area (Å²) in [6, 6.07) is -2.85. The molecule has 1 aliphatic carbocycles. The van der Waals surface area contributed by atoms with Gasteiger partial charge < -0.3 is 14.7 Å². The van der Waals surface area contributed by atoms with Crippen LogP contribution in [0, 0.1) is 5.82 Å². The van der Waals surface area contributed by atoms with Crippen LogP contribution in [0.4, 0.5) is 13.2 Å². The van der Waals surface area contributed by atoms with Crippen LogP contribution in [0.1, 0.15) is 24.3 Å². The van der Waals surface area contributed by atoms with Crippen LogP contribution < -0.4 is 0 Å². The number of nitrogens with zero attached hydrogens (tertiary/aromatic N) is 2. The second kappa shape index (κ2) is 5.94. The molecule has 1 aromatic rings. The Kier molecular flexibility index (Phi) is 2.99. The van der Waals surface area contributed by atoms with Gasteiger partial charge in [0.15, 0.2) is 0 Å². The van der Waals surface area contributed by atoms with Crippen molar-refractivity contribution < 1.29 is 33.3 Å². The van der Waals surface area contributed by atoms with Gasteiger partial charge in [0, 0.05) is 21.1 Å². The van der Waals surface area contributed by atoms with Crippen LogP contribution in [-0.2, 0) is 16.1 Å². The molecular weight excluding hydrogens is 325 g/mol. The lowest BCUT2D eigenvalue weighted by atomic mass is 9.94. The molecule has 24 heavy (non-hydrogen) atoms. The first-order valence-corrected chi connectivity index (χ1v) is 6.92. The quantitative estimate of drug-likeness (QED) is 0.913. The fraction of sp³-hybridized carbons (Fsp3) is 0.375. The molecule has 1 saturated heterocycles. The Labute approximate surface area is 141 Å². The Morgan fingerprint density at radius 1 is 1.67 bits per heavy atom. The van der Waals surface area contributed by atoms with Crippen molar-refractivity contribution in [2.75, 3.05) is 0 Å². The van der Waals surface area contributed by atoms with Gasteiger partial charge in [-0.1, -0.05) is 12.1 Å². The number of carbonyl (C=O) groups excluding carboxylic acids is 1. The highest BCUT2D eigenvalue weighted by atomic mass is 19.3. The van der Waals surface area contributed by atoms with E-state index in [1.165, 1.54) is 0 Å². The molecule has 0 saturated carbocycles. The minimum atomic E-state index is -4.45. The fourth-order valence-corrected chi connectivity index (χ4v) is 2.36. The van der Waals surface area contributed by atoms with Crippen molar-refractivity contribution in [2.45, 2.75) is 38.1 Å². The first-order valence-electron chi connectivity index (χ1n) is 8.92. The molecule has 2 atom stereocenters. The number of hydrogen-bond acceptors (Lipinski definition) is 4. The third-order valence-corrected chi connectivity index (χ3v) is 3.44. The van der Waals surface area contributed by atoms with Crippen molar-refractivity contribution in [3.63, 3.8) is 0 Å². The lowest BCUT2D eigenvalue weighted by Crippen LogP contribution is -2.56. The molecule has 128 valence electrons. The van der Waals surface area contributed by atoms with Gasteiger partial charge in [-0.2, -0.15) is 8.78 Å². The zero-order valence-electron chi connectivity index (χ0n) is 16.4. The van der Waals surface area contributed by atoms with Gasteiger partial charge >= 0.3 is 12.0 Å². The van der Waals surface area contributed by atoms with Gasteiger partial charge in [0.05, 0.1) is 21.1 Å². The van der Waals surface area contributed by atoms with Gasteiger partial charge in [0.1, 0.15) is 11.6 Å². The molecule has 0 bridgehead atoms. The number of hydrogen-bond donors (Lipinski definition) is 1. The van der Waals surface area contributed by atoms with Crippen molar-refractivity contribution >= 4 is 5.91 Å². The Bertz CT molecular complexity index is 907. The number of rotatable bonds is 3. The fourth-order valence-electron chi connectivity index (χ4n) is 2.36. The molecule has 3 rings (SSSR count). The third-order valence-electron chi connectivity index (χ3n) is 3.44. The van der Waals surface area contributed by atoms with Crippen LogP contribution in [0.5, 0.6) is 0 Å². The number of pyridine rings is 1. The van der Waals surface area contributed by atoms with E-state index in [-0.39, 0.29) is 10.5 Å². The van der Waals surface area contributed by atoms with Gasteiger partial charge in [-0.05, 0) is 24.9 Å². The topological polar surface area (TPSA) is 62.7 Å². The van der Waals surface area contributed by atoms with Crippen molar-refractivity contribution in [3.05, 3.63) is 53.3 Å². The summed E-state index contributed by atoms with van der Waals surface area (Å²) >= 11 is 0. The monoisotopic (exact) mass is 344 g/mol. The normalized spacial score (nSPS) is 31.8. The molecule has 1 N–H and O–H groups in total. The molecule has 0 radical (unpaired) electrons. The maximum atomic E-state index is 14.3. The lowest BCUT2D eigenvalue weighted by Gasteiger charge is -2.42. The summed E-state index contributed by atoms with van der Waals surface area (Å²) in [5.74, 6) is -3.84. The predicted molar refractivity (Wildman–Crippen MR) is 77.0 cm³/mol. The first-order chi connectivity index (χ1) is 12.8. The standard InChI is InChI=1S/C16H15F3N2O3/c1-9(22)12-3-2-4-13-14(12)24-16(18,19)15(23)21(13)8-10-5-11(17)7-20-6-10/h2-3,5-7,9,13,22H,4,8H2,1H3/t9-,13?/m0/s1/i2D,4D2,13D. The second-order valence-corrected chi connectivity index (χ2v) is 5.24. The van der Waals surface area contributed by atoms with Gasteiger partial charge in [0.25, 0.3) is 0 Å². The lowest BCUT2D eigenvalue weighted by molar-refractivity contribution is -0.245. The SMILES string of the molecule is [2H]C1=CC([C@H](C)O)=C2OC(F)(F)C(=O)N(Cc3cncc(F)c3)C2([2H])C1([2H])[2H]. The Morgan fingerprint density at radius 3 is 3.08 bits per heavy atom. The summed E-state index contributed by atoms with van der Waals surface area (Å²) < 4.78 is 79.2. The van der Waals surface area contributed by atoms with E-state index in [0.29, 0.717) is 0 Å². The summed E-state index contributed by atoms with van der Waals surface area (Å²) in [4.78, 5) is 16.1. The number of ether oxygens (including phenoxy) is 1. The minimum Gasteiger partial charge on any atom is -0.427 e. The van der Waals surface area contributed by atoms with Crippen LogP contribution >= 0.6 is 0 Å². The maximum absolute atomic E-state index is 14.3. The van der Waals surface area contributed by atoms with Gasteiger partial charge in [-0.3, -0.25) is 9.78 Å². The molecule has 1 amide bonds. The maximum Gasteiger partial charge on any atom is 0.482 e. The van der Waals surface area contributed by atoms with Crippen LogP contribution in [0.25, 0.3) is 0 Å². The summed E-state index contributed by atoms with van der Waals surface area (Å²) in [5, 5.41) is 9.89. The molecule has 1 fully saturated rings. The summed E-state index contributed by atoms with van der Waals surface area (Å²) in [5.41, 5.74) is -0.503. The number of alkyl halides is 2. The molecule has 2 heterocycles. The summed E-state index contributed by atoms with van der Waals surface area (Å²) in [6.45, 7) is 0.363. The second-order valence-electron chi connectivity index (χ2n) is 5.24. The number of morpholine rings is 1. The zero-order chi connectivity index (χ0) is 21.1. The van der Waals surface area contributed by atoms with Gasteiger partial charge in [0.2, 0.25) is 0 Å². The van der Waals surface area contributed by atoms with Crippen molar-refractivity contribution in [1.29, 1.82) is 0 Å². The van der Waals surface area contributed by atoms with E-state index in [4.69, 9.17) is 5.48 Å². The van der Waals surface area contributed by atoms with E-state index in [9.17, 15) is 23.1 Å². The zero-order valence-corrected chi connectivity index (χ0v) is 12.4. The smallest absolute Gasteiger partial charge is 0.427 e. The first kappa shape index (κ1) is 12.1. The van der Waals surface area contributed by atoms with E-state index < -0.39 is 60.3 Å². The number of fused-ring (bicyclic) bond motifs is 1. The van der Waals surface area contributed by atoms with Crippen LogP contribution in [0.15, 0.2) is 41.9 Å². The average molecular weight is 344 g/mol. The summed E-state index contributed by atoms with van der Waals surface area (Å²) in [7, 11) is 0. The molecule has 5 nitrogen and oxygen atoms in total. The van der Waals surface area contributed by atoms with E-state index in [0.717, 1.165) is 31.5 Å². The Morgan fingerprint density at radius 2 is 2.42 bits per heavy atom. The summed E-state index contributed by atoms with van der Waals surface area (Å²) in [6.07, 6.45) is -6.20. The van der Waals surface area contributed by atoms with Crippen molar-refractivity contribution in [3.8, 4) is 0 Å². The van der Waals surface area contributed by atoms with Gasteiger partial charge in [-0.25, -0.2) is 4.39 Å². The largest absolute Gasteiger partial charge is 0.482 e. The minimum absolute atomic E-state index is 0.0764. The van der Waals surface area contributed by atoms with E-state index >= 15 is 0 Å². The van der Waals surface area contributed by atoms with Crippen molar-refractivity contribution in [1.82, 2.24) is 9.88 Å². The molecule has 1 aromatic heterocycles. The Hall–Kier alpha value is -2.35. The van der Waals surface area contributed by atoms with E-state index in [1.54, 1.807) is 0 Å². The number of aromatic nitrogens is 1. The van der Waals surface area contributed by atoms with E-state index in [1.807, 2.05) is 0 Å². The van der Waals surface area contributed by atoms with Crippen LogP contribution in [0.3, 0.4) is 0 Å². The molecular formula is C16H15F3N2O3. The van der Waals surface area contributed by atoms with Gasteiger partial charge in [-0.15, -0.1) is 0 Å². The number of aliphatic hydroxyl groups excluding tert-OH is 1. The third kappa shape index (κ3) is 2.89. The number of amides is 1. The van der Waals surface area contributed by atoms with Crippen molar-refractivity contribution in [2.24, 2.45) is 0 Å². The highest BCUT2D eigenvalue weighted by Gasteiger charge is 2.54. The molecule has 1 aliphatic heterocycles. The molecule has 1 unspecified atom stereocenters. The van der Waals surface area contributed by atoms with Crippen LogP contribution in [-0.4, -0.2) is 39.1 Å². The highest BCUT2D eigenvalue weighted by Crippen LogP contribution is 2.39. The number of halogens is 3. The van der Waals surface area contributed by atoms with Crippen LogP contribution in [0.2, 0.25) is 0 Å². The molecule has 2 aliphatic rings. The Balaban J connectivity index is 2.24. The highest BCUT2D eigenvalue weighted by molar-refractivity contribution is 5.84. The number of aliphatic hydroxyl groups is 1. The molecule has 0 aromatic carbocycles. The average Bonchev–Trinajstić information content (AvgIpc) is 2.58. The van der Waals surface area contributed by atoms with E-state index in [2.05, 4.69) is 9.72 Å². The predicted octanol–water partition coefficient (Wildman–Crippen LogP) is 2.14. The molecule has 0 spiro atoms. The molecule has 8 heteroatoms. The number of carbonyl (C=O) groups is 1.